The molecule has 0 aromatic heterocycles. The fourth-order valence-electron chi connectivity index (χ4n) is 3.00. The Kier molecular flexibility index (Phi) is 8.08. The number of rotatable bonds is 6. The second-order valence-electron chi connectivity index (χ2n) is 6.84. The third-order valence-electron chi connectivity index (χ3n) is 4.67. The molecule has 0 saturated carbocycles. The maximum atomic E-state index is 13.2. The summed E-state index contributed by atoms with van der Waals surface area (Å²) in [6.45, 7) is 4.21. The van der Waals surface area contributed by atoms with Crippen LogP contribution in [0.4, 0.5) is 10.1 Å². The number of nitrogens with zero attached hydrogens (tertiary/aromatic N) is 2. The Morgan fingerprint density at radius 2 is 1.87 bits per heavy atom. The summed E-state index contributed by atoms with van der Waals surface area (Å²) in [7, 11) is 1.31. The molecule has 2 N–H and O–H groups in total. The molecule has 0 bridgehead atoms. The quantitative estimate of drug-likeness (QED) is 0.416. The maximum absolute atomic E-state index is 13.2. The Hall–Kier alpha value is -3.30. The van der Waals surface area contributed by atoms with Gasteiger partial charge in [-0.25, -0.2) is 9.18 Å². The number of halogens is 1. The molecule has 2 aromatic carbocycles. The molecule has 0 atom stereocenters. The molecule has 1 aliphatic heterocycles. The van der Waals surface area contributed by atoms with Gasteiger partial charge in [0.25, 0.3) is 5.91 Å². The van der Waals surface area contributed by atoms with Gasteiger partial charge in [-0.3, -0.25) is 20.0 Å². The van der Waals surface area contributed by atoms with Gasteiger partial charge in [-0.2, -0.15) is 0 Å². The molecular formula is C22H25FN4O4. The molecule has 1 aliphatic rings. The lowest BCUT2D eigenvalue weighted by atomic mass is 10.2. The van der Waals surface area contributed by atoms with E-state index < -0.39 is 17.7 Å². The van der Waals surface area contributed by atoms with E-state index in [1.54, 1.807) is 24.3 Å². The standard InChI is InChI=1S/C22H25FN4O4/c1-30-21(29)17-3-2-4-19(15-17)25-22(24-9-10-27-11-13-31-14-12-27)26-20(28)16-5-7-18(23)8-6-16/h2-8,15H,9-14H2,1H3,(H2,24,25,26,28). The number of methoxy groups -OCH3 is 1. The fourth-order valence-corrected chi connectivity index (χ4v) is 3.00. The van der Waals surface area contributed by atoms with Crippen molar-refractivity contribution in [3.63, 3.8) is 0 Å². The van der Waals surface area contributed by atoms with Crippen molar-refractivity contribution in [2.24, 2.45) is 4.99 Å². The molecule has 31 heavy (non-hydrogen) atoms. The van der Waals surface area contributed by atoms with Crippen LogP contribution in [0.5, 0.6) is 0 Å². The van der Waals surface area contributed by atoms with Crippen molar-refractivity contribution in [2.45, 2.75) is 0 Å². The van der Waals surface area contributed by atoms with E-state index in [-0.39, 0.29) is 5.96 Å². The minimum absolute atomic E-state index is 0.226. The zero-order chi connectivity index (χ0) is 22.1. The number of hydrogen-bond acceptors (Lipinski definition) is 6. The molecule has 2 aromatic rings. The summed E-state index contributed by atoms with van der Waals surface area (Å²) < 4.78 is 23.2. The monoisotopic (exact) mass is 428 g/mol. The molecule has 0 spiro atoms. The van der Waals surface area contributed by atoms with E-state index in [9.17, 15) is 14.0 Å². The number of guanidine groups is 1. The van der Waals surface area contributed by atoms with E-state index in [1.165, 1.54) is 31.4 Å². The molecule has 0 aliphatic carbocycles. The second kappa shape index (κ2) is 11.2. The lowest BCUT2D eigenvalue weighted by Crippen LogP contribution is -2.39. The first-order chi connectivity index (χ1) is 15.0. The highest BCUT2D eigenvalue weighted by Gasteiger charge is 2.13. The highest BCUT2D eigenvalue weighted by Crippen LogP contribution is 2.12. The number of hydrogen-bond donors (Lipinski definition) is 2. The molecule has 1 heterocycles. The third-order valence-corrected chi connectivity index (χ3v) is 4.67. The van der Waals surface area contributed by atoms with E-state index in [2.05, 4.69) is 20.5 Å². The van der Waals surface area contributed by atoms with Gasteiger partial charge in [-0.1, -0.05) is 6.07 Å². The summed E-state index contributed by atoms with van der Waals surface area (Å²) in [6, 6.07) is 11.9. The number of ether oxygens (including phenoxy) is 2. The summed E-state index contributed by atoms with van der Waals surface area (Å²) in [5.74, 6) is -1.09. The van der Waals surface area contributed by atoms with Gasteiger partial charge < -0.3 is 14.8 Å². The molecule has 1 amide bonds. The minimum Gasteiger partial charge on any atom is -0.465 e. The molecule has 164 valence electrons. The maximum Gasteiger partial charge on any atom is 0.337 e. The number of aliphatic imine (C=N–C) groups is 1. The van der Waals surface area contributed by atoms with E-state index >= 15 is 0 Å². The van der Waals surface area contributed by atoms with Crippen LogP contribution in [0.3, 0.4) is 0 Å². The van der Waals surface area contributed by atoms with Crippen LogP contribution < -0.4 is 10.6 Å². The topological polar surface area (TPSA) is 92.3 Å². The smallest absolute Gasteiger partial charge is 0.337 e. The number of carbonyl (C=O) groups is 2. The second-order valence-corrected chi connectivity index (χ2v) is 6.84. The normalized spacial score (nSPS) is 14.7. The fraction of sp³-hybridized carbons (Fsp3) is 0.318. The molecule has 0 radical (unpaired) electrons. The van der Waals surface area contributed by atoms with E-state index in [0.29, 0.717) is 43.1 Å². The molecule has 9 heteroatoms. The number of benzene rings is 2. The first-order valence-electron chi connectivity index (χ1n) is 9.92. The van der Waals surface area contributed by atoms with Crippen molar-refractivity contribution in [1.29, 1.82) is 0 Å². The summed E-state index contributed by atoms with van der Waals surface area (Å²) in [5, 5.41) is 5.76. The van der Waals surface area contributed by atoms with Crippen molar-refractivity contribution in [1.82, 2.24) is 10.2 Å². The summed E-state index contributed by atoms with van der Waals surface area (Å²) in [4.78, 5) is 31.1. The summed E-state index contributed by atoms with van der Waals surface area (Å²) >= 11 is 0. The van der Waals surface area contributed by atoms with Crippen LogP contribution in [0.1, 0.15) is 20.7 Å². The van der Waals surface area contributed by atoms with Gasteiger partial charge in [-0.05, 0) is 42.5 Å². The highest BCUT2D eigenvalue weighted by atomic mass is 19.1. The predicted molar refractivity (Wildman–Crippen MR) is 115 cm³/mol. The highest BCUT2D eigenvalue weighted by molar-refractivity contribution is 6.10. The van der Waals surface area contributed by atoms with Gasteiger partial charge in [0.1, 0.15) is 5.82 Å². The Morgan fingerprint density at radius 3 is 2.58 bits per heavy atom. The van der Waals surface area contributed by atoms with E-state index in [4.69, 9.17) is 9.47 Å². The van der Waals surface area contributed by atoms with E-state index in [0.717, 1.165) is 13.1 Å². The van der Waals surface area contributed by atoms with Crippen molar-refractivity contribution < 1.29 is 23.5 Å². The number of morpholine rings is 1. The third kappa shape index (κ3) is 6.87. The van der Waals surface area contributed by atoms with Gasteiger partial charge in [0.15, 0.2) is 0 Å². The average molecular weight is 428 g/mol. The lowest BCUT2D eigenvalue weighted by molar-refractivity contribution is 0.0394. The average Bonchev–Trinajstić information content (AvgIpc) is 2.79. The van der Waals surface area contributed by atoms with Crippen LogP contribution in [0.2, 0.25) is 0 Å². The van der Waals surface area contributed by atoms with Crippen LogP contribution in [-0.4, -0.2) is 69.2 Å². The minimum atomic E-state index is -0.468. The molecule has 3 rings (SSSR count). The van der Waals surface area contributed by atoms with Gasteiger partial charge in [0.2, 0.25) is 5.96 Å². The molecule has 0 unspecified atom stereocenters. The molecule has 1 fully saturated rings. The number of nitrogens with one attached hydrogen (secondary N) is 2. The molecule has 1 saturated heterocycles. The van der Waals surface area contributed by atoms with Gasteiger partial charge >= 0.3 is 5.97 Å². The van der Waals surface area contributed by atoms with E-state index in [1.807, 2.05) is 0 Å². The van der Waals surface area contributed by atoms with Gasteiger partial charge in [0, 0.05) is 30.9 Å². The van der Waals surface area contributed by atoms with Crippen molar-refractivity contribution in [2.75, 3.05) is 51.8 Å². The Morgan fingerprint density at radius 1 is 1.13 bits per heavy atom. The van der Waals surface area contributed by atoms with Gasteiger partial charge in [0.05, 0.1) is 32.4 Å². The van der Waals surface area contributed by atoms with Crippen LogP contribution in [-0.2, 0) is 9.47 Å². The Bertz CT molecular complexity index is 927. The largest absolute Gasteiger partial charge is 0.465 e. The number of carbonyl (C=O) groups excluding carboxylic acids is 2. The SMILES string of the molecule is COC(=O)c1cccc(NC(=NCCN2CCOCC2)NC(=O)c2ccc(F)cc2)c1. The Labute approximate surface area is 180 Å². The number of esters is 1. The zero-order valence-corrected chi connectivity index (χ0v) is 17.3. The summed E-state index contributed by atoms with van der Waals surface area (Å²) in [5.41, 5.74) is 1.23. The molecule has 8 nitrogen and oxygen atoms in total. The predicted octanol–water partition coefficient (Wildman–Crippen LogP) is 2.14. The van der Waals surface area contributed by atoms with Gasteiger partial charge in [-0.15, -0.1) is 0 Å². The van der Waals surface area contributed by atoms with Crippen molar-refractivity contribution in [3.8, 4) is 0 Å². The first kappa shape index (κ1) is 22.4. The van der Waals surface area contributed by atoms with Crippen molar-refractivity contribution >= 4 is 23.5 Å². The Balaban J connectivity index is 1.72. The lowest BCUT2D eigenvalue weighted by Gasteiger charge is -2.25. The van der Waals surface area contributed by atoms with Crippen LogP contribution >= 0.6 is 0 Å². The van der Waals surface area contributed by atoms with Crippen LogP contribution in [0.25, 0.3) is 0 Å². The van der Waals surface area contributed by atoms with Crippen molar-refractivity contribution in [3.05, 3.63) is 65.5 Å². The zero-order valence-electron chi connectivity index (χ0n) is 17.3. The summed E-state index contributed by atoms with van der Waals surface area (Å²) in [6.07, 6.45) is 0. The number of anilines is 1. The number of amides is 1. The van der Waals surface area contributed by atoms with Crippen LogP contribution in [0, 0.1) is 5.82 Å². The molecular weight excluding hydrogens is 403 g/mol. The van der Waals surface area contributed by atoms with Crippen LogP contribution in [0.15, 0.2) is 53.5 Å². The first-order valence-corrected chi connectivity index (χ1v) is 9.92.